The van der Waals surface area contributed by atoms with Crippen molar-refractivity contribution in [1.82, 2.24) is 24.3 Å². The molecule has 10 nitrogen and oxygen atoms in total. The molecule has 0 radical (unpaired) electrons. The molecule has 186 valence electrons. The van der Waals surface area contributed by atoms with Crippen molar-refractivity contribution in [1.29, 1.82) is 0 Å². The van der Waals surface area contributed by atoms with Gasteiger partial charge in [0.1, 0.15) is 17.1 Å². The summed E-state index contributed by atoms with van der Waals surface area (Å²) in [5, 5.41) is 3.68. The topological polar surface area (TPSA) is 114 Å². The highest BCUT2D eigenvalue weighted by Gasteiger charge is 2.24. The highest BCUT2D eigenvalue weighted by atomic mass is 35.5. The maximum absolute atomic E-state index is 11.5. The molecule has 1 unspecified atom stereocenters. The lowest BCUT2D eigenvalue weighted by atomic mass is 10.2. The SMILES string of the molecule is COc1cc(N2CCN(C(C)C(N)=O)CC2)ccc1Nc1ncc(Cl)c(-c2cnc3ccccn23)n1. The first kappa shape index (κ1) is 23.8. The highest BCUT2D eigenvalue weighted by molar-refractivity contribution is 6.32. The molecule has 4 aromatic rings. The number of carbonyl (C=O) groups is 1. The molecule has 1 amide bonds. The number of nitrogens with one attached hydrogen (secondary N) is 1. The van der Waals surface area contributed by atoms with Gasteiger partial charge in [-0.15, -0.1) is 0 Å². The van der Waals surface area contributed by atoms with Crippen molar-refractivity contribution in [3.05, 3.63) is 60.0 Å². The minimum Gasteiger partial charge on any atom is -0.494 e. The molecular weight excluding hydrogens is 480 g/mol. The second-order valence-electron chi connectivity index (χ2n) is 8.57. The van der Waals surface area contributed by atoms with Crippen LogP contribution < -0.4 is 20.7 Å². The molecule has 0 saturated carbocycles. The Labute approximate surface area is 213 Å². The number of amides is 1. The quantitative estimate of drug-likeness (QED) is 0.393. The average molecular weight is 507 g/mol. The van der Waals surface area contributed by atoms with E-state index >= 15 is 0 Å². The van der Waals surface area contributed by atoms with E-state index in [9.17, 15) is 4.79 Å². The van der Waals surface area contributed by atoms with E-state index in [1.807, 2.05) is 53.9 Å². The molecule has 0 aliphatic carbocycles. The minimum atomic E-state index is -0.297. The number of methoxy groups -OCH3 is 1. The summed E-state index contributed by atoms with van der Waals surface area (Å²) in [7, 11) is 1.63. The van der Waals surface area contributed by atoms with Crippen LogP contribution in [0.2, 0.25) is 5.02 Å². The van der Waals surface area contributed by atoms with E-state index in [2.05, 4.69) is 30.1 Å². The molecule has 1 atom stereocenters. The number of nitrogens with zero attached hydrogens (tertiary/aromatic N) is 6. The van der Waals surface area contributed by atoms with Gasteiger partial charge in [0.2, 0.25) is 11.9 Å². The molecule has 4 heterocycles. The van der Waals surface area contributed by atoms with Crippen LogP contribution in [-0.2, 0) is 4.79 Å². The number of hydrogen-bond donors (Lipinski definition) is 2. The summed E-state index contributed by atoms with van der Waals surface area (Å²) >= 11 is 6.45. The summed E-state index contributed by atoms with van der Waals surface area (Å²) in [5.74, 6) is 0.755. The summed E-state index contributed by atoms with van der Waals surface area (Å²) in [6, 6.07) is 11.5. The molecule has 5 rings (SSSR count). The van der Waals surface area contributed by atoms with Crippen LogP contribution in [0.1, 0.15) is 6.92 Å². The Kier molecular flexibility index (Phi) is 6.62. The Bertz CT molecular complexity index is 1400. The van der Waals surface area contributed by atoms with Gasteiger partial charge in [-0.3, -0.25) is 14.1 Å². The molecule has 1 fully saturated rings. The van der Waals surface area contributed by atoms with Gasteiger partial charge in [-0.25, -0.2) is 15.0 Å². The van der Waals surface area contributed by atoms with Crippen molar-refractivity contribution in [2.24, 2.45) is 5.73 Å². The van der Waals surface area contributed by atoms with Gasteiger partial charge >= 0.3 is 0 Å². The largest absolute Gasteiger partial charge is 0.494 e. The van der Waals surface area contributed by atoms with Gasteiger partial charge in [0.05, 0.1) is 41.9 Å². The molecule has 1 saturated heterocycles. The van der Waals surface area contributed by atoms with Crippen LogP contribution in [0.3, 0.4) is 0 Å². The summed E-state index contributed by atoms with van der Waals surface area (Å²) < 4.78 is 7.60. The van der Waals surface area contributed by atoms with Crippen LogP contribution in [0.25, 0.3) is 17.0 Å². The number of benzene rings is 1. The first-order valence-corrected chi connectivity index (χ1v) is 12.0. The molecule has 3 N–H and O–H groups in total. The first-order chi connectivity index (χ1) is 17.4. The van der Waals surface area contributed by atoms with Crippen molar-refractivity contribution >= 4 is 40.5 Å². The van der Waals surface area contributed by atoms with Gasteiger partial charge in [-0.05, 0) is 31.2 Å². The maximum atomic E-state index is 11.5. The predicted molar refractivity (Wildman–Crippen MR) is 140 cm³/mol. The van der Waals surface area contributed by atoms with Crippen molar-refractivity contribution in [2.75, 3.05) is 43.5 Å². The fraction of sp³-hybridized carbons (Fsp3) is 0.280. The van der Waals surface area contributed by atoms with Gasteiger partial charge in [0.25, 0.3) is 0 Å². The third-order valence-electron chi connectivity index (χ3n) is 6.47. The summed E-state index contributed by atoms with van der Waals surface area (Å²) in [6.07, 6.45) is 5.23. The Hall–Kier alpha value is -3.89. The minimum absolute atomic E-state index is 0.266. The number of imidazole rings is 1. The number of ether oxygens (including phenoxy) is 1. The van der Waals surface area contributed by atoms with Crippen molar-refractivity contribution in [3.8, 4) is 17.1 Å². The van der Waals surface area contributed by atoms with E-state index in [1.54, 1.807) is 19.5 Å². The zero-order valence-corrected chi connectivity index (χ0v) is 20.8. The second kappa shape index (κ2) is 10.00. The van der Waals surface area contributed by atoms with Crippen LogP contribution in [0, 0.1) is 0 Å². The molecule has 36 heavy (non-hydrogen) atoms. The lowest BCUT2D eigenvalue weighted by Gasteiger charge is -2.38. The van der Waals surface area contributed by atoms with Gasteiger partial charge in [0.15, 0.2) is 0 Å². The number of hydrogen-bond acceptors (Lipinski definition) is 8. The van der Waals surface area contributed by atoms with E-state index in [-0.39, 0.29) is 11.9 Å². The normalized spacial score (nSPS) is 15.1. The standard InChI is InChI=1S/C25H27ClN8O2/c1-16(24(27)35)32-9-11-33(12-10-32)17-6-7-19(21(13-17)36-2)30-25-29-14-18(26)23(31-25)20-15-28-22-5-3-4-8-34(20)22/h3-8,13-16H,9-12H2,1-2H3,(H2,27,35)(H,29,30,31). The number of fused-ring (bicyclic) bond motifs is 1. The lowest BCUT2D eigenvalue weighted by molar-refractivity contribution is -0.122. The molecule has 11 heteroatoms. The molecule has 3 aromatic heterocycles. The number of anilines is 3. The van der Waals surface area contributed by atoms with Gasteiger partial charge in [-0.1, -0.05) is 17.7 Å². The molecule has 1 aromatic carbocycles. The van der Waals surface area contributed by atoms with E-state index in [0.29, 0.717) is 22.4 Å². The summed E-state index contributed by atoms with van der Waals surface area (Å²) in [4.78, 5) is 29.3. The average Bonchev–Trinajstić information content (AvgIpc) is 3.33. The highest BCUT2D eigenvalue weighted by Crippen LogP contribution is 2.33. The zero-order valence-electron chi connectivity index (χ0n) is 20.1. The van der Waals surface area contributed by atoms with E-state index < -0.39 is 0 Å². The van der Waals surface area contributed by atoms with Crippen molar-refractivity contribution in [2.45, 2.75) is 13.0 Å². The number of rotatable bonds is 7. The van der Waals surface area contributed by atoms with Crippen LogP contribution in [0.4, 0.5) is 17.3 Å². The number of nitrogens with two attached hydrogens (primary N) is 1. The van der Waals surface area contributed by atoms with Crippen LogP contribution in [0.5, 0.6) is 5.75 Å². The number of aromatic nitrogens is 4. The van der Waals surface area contributed by atoms with Crippen molar-refractivity contribution < 1.29 is 9.53 Å². The summed E-state index contributed by atoms with van der Waals surface area (Å²) in [6.45, 7) is 4.95. The third-order valence-corrected chi connectivity index (χ3v) is 6.75. The maximum Gasteiger partial charge on any atom is 0.234 e. The zero-order chi connectivity index (χ0) is 25.2. The smallest absolute Gasteiger partial charge is 0.234 e. The molecule has 1 aliphatic heterocycles. The first-order valence-electron chi connectivity index (χ1n) is 11.6. The molecule has 0 bridgehead atoms. The van der Waals surface area contributed by atoms with Crippen LogP contribution in [0.15, 0.2) is 55.0 Å². The van der Waals surface area contributed by atoms with Crippen LogP contribution >= 0.6 is 11.6 Å². The molecule has 0 spiro atoms. The monoisotopic (exact) mass is 506 g/mol. The predicted octanol–water partition coefficient (Wildman–Crippen LogP) is 3.19. The Morgan fingerprint density at radius 1 is 1.14 bits per heavy atom. The van der Waals surface area contributed by atoms with Crippen LogP contribution in [-0.4, -0.2) is 69.5 Å². The Morgan fingerprint density at radius 3 is 2.69 bits per heavy atom. The van der Waals surface area contributed by atoms with Gasteiger partial charge in [-0.2, -0.15) is 0 Å². The lowest BCUT2D eigenvalue weighted by Crippen LogP contribution is -2.53. The fourth-order valence-electron chi connectivity index (χ4n) is 4.36. The van der Waals surface area contributed by atoms with Gasteiger partial charge in [0, 0.05) is 44.1 Å². The van der Waals surface area contributed by atoms with Gasteiger partial charge < -0.3 is 20.7 Å². The summed E-state index contributed by atoms with van der Waals surface area (Å²) in [5.41, 5.74) is 9.38. The molecule has 1 aliphatic rings. The third kappa shape index (κ3) is 4.65. The fourth-order valence-corrected chi connectivity index (χ4v) is 4.55. The number of pyridine rings is 1. The number of halogens is 1. The van der Waals surface area contributed by atoms with E-state index in [1.165, 1.54) is 0 Å². The van der Waals surface area contributed by atoms with Crippen molar-refractivity contribution in [3.63, 3.8) is 0 Å². The Balaban J connectivity index is 1.35. The second-order valence-corrected chi connectivity index (χ2v) is 8.98. The Morgan fingerprint density at radius 2 is 1.94 bits per heavy atom. The van der Waals surface area contributed by atoms with E-state index in [4.69, 9.17) is 22.1 Å². The van der Waals surface area contributed by atoms with E-state index in [0.717, 1.165) is 48.9 Å². The number of primary amides is 1. The molecular formula is C25H27ClN8O2. The number of piperazine rings is 1. The number of carbonyl (C=O) groups excluding carboxylic acids is 1.